The van der Waals surface area contributed by atoms with Crippen LogP contribution < -0.4 is 9.62 Å². The number of hydrogen-bond donors (Lipinski definition) is 1. The molecule has 0 heterocycles. The van der Waals surface area contributed by atoms with Gasteiger partial charge in [0.05, 0.1) is 33.1 Å². The zero-order valence-corrected chi connectivity index (χ0v) is 20.5. The van der Waals surface area contributed by atoms with Gasteiger partial charge in [0.25, 0.3) is 0 Å². The summed E-state index contributed by atoms with van der Waals surface area (Å²) >= 11 is 18.2. The van der Waals surface area contributed by atoms with Crippen LogP contribution >= 0.6 is 34.8 Å². The van der Waals surface area contributed by atoms with Gasteiger partial charge in [0.1, 0.15) is 6.54 Å². The molecule has 1 aliphatic rings. The highest BCUT2D eigenvalue weighted by atomic mass is 35.5. The molecule has 0 saturated heterocycles. The van der Waals surface area contributed by atoms with Crippen molar-refractivity contribution in [2.45, 2.75) is 45.1 Å². The molecule has 0 fully saturated rings. The largest absolute Gasteiger partial charge is 0.348 e. The van der Waals surface area contributed by atoms with E-state index >= 15 is 0 Å². The predicted molar refractivity (Wildman–Crippen MR) is 128 cm³/mol. The van der Waals surface area contributed by atoms with Crippen LogP contribution in [0, 0.1) is 0 Å². The van der Waals surface area contributed by atoms with Gasteiger partial charge >= 0.3 is 0 Å². The molecule has 5 nitrogen and oxygen atoms in total. The second-order valence-electron chi connectivity index (χ2n) is 7.75. The first-order valence-electron chi connectivity index (χ1n) is 10.1. The Morgan fingerprint density at radius 3 is 2.32 bits per heavy atom. The molecule has 0 spiro atoms. The highest BCUT2D eigenvalue weighted by Gasteiger charge is 2.25. The Bertz CT molecular complexity index is 1090. The zero-order chi connectivity index (χ0) is 22.8. The monoisotopic (exact) mass is 502 g/mol. The Kier molecular flexibility index (Phi) is 7.79. The second-order valence-corrected chi connectivity index (χ2v) is 10.9. The lowest BCUT2D eigenvalue weighted by molar-refractivity contribution is -0.120. The maximum absolute atomic E-state index is 12.8. The molecular formula is C22H25Cl3N2O3S. The smallest absolute Gasteiger partial charge is 0.241 e. The van der Waals surface area contributed by atoms with Gasteiger partial charge in [-0.3, -0.25) is 9.10 Å². The number of hydrogen-bond acceptors (Lipinski definition) is 3. The molecule has 1 unspecified atom stereocenters. The van der Waals surface area contributed by atoms with E-state index in [-0.39, 0.29) is 26.8 Å². The van der Waals surface area contributed by atoms with E-state index in [2.05, 4.69) is 17.4 Å². The summed E-state index contributed by atoms with van der Waals surface area (Å²) in [6, 6.07) is 8.83. The van der Waals surface area contributed by atoms with Crippen LogP contribution in [0.25, 0.3) is 0 Å². The van der Waals surface area contributed by atoms with Gasteiger partial charge in [0, 0.05) is 0 Å². The molecule has 9 heteroatoms. The summed E-state index contributed by atoms with van der Waals surface area (Å²) in [6.45, 7) is 1.56. The summed E-state index contributed by atoms with van der Waals surface area (Å²) in [5, 5.41) is 3.40. The normalized spacial score (nSPS) is 14.6. The molecule has 0 aliphatic heterocycles. The first kappa shape index (κ1) is 24.2. The zero-order valence-electron chi connectivity index (χ0n) is 17.4. The van der Waals surface area contributed by atoms with Crippen LogP contribution in [-0.4, -0.2) is 27.1 Å². The topological polar surface area (TPSA) is 66.5 Å². The van der Waals surface area contributed by atoms with E-state index in [0.29, 0.717) is 6.42 Å². The Morgan fingerprint density at radius 1 is 1.03 bits per heavy atom. The minimum absolute atomic E-state index is 0.0920. The number of halogens is 3. The fourth-order valence-electron chi connectivity index (χ4n) is 3.85. The minimum atomic E-state index is -3.80. The predicted octanol–water partition coefficient (Wildman–Crippen LogP) is 5.56. The molecule has 1 aliphatic carbocycles. The maximum Gasteiger partial charge on any atom is 0.241 e. The molecule has 1 amide bonds. The molecule has 1 atom stereocenters. The van der Waals surface area contributed by atoms with Crippen LogP contribution in [0.1, 0.15) is 48.9 Å². The molecule has 31 heavy (non-hydrogen) atoms. The molecule has 2 aromatic rings. The first-order chi connectivity index (χ1) is 14.6. The van der Waals surface area contributed by atoms with Crippen LogP contribution in [0.2, 0.25) is 15.1 Å². The summed E-state index contributed by atoms with van der Waals surface area (Å²) in [7, 11) is -3.80. The third kappa shape index (κ3) is 5.86. The minimum Gasteiger partial charge on any atom is -0.348 e. The highest BCUT2D eigenvalue weighted by Crippen LogP contribution is 2.35. The fourth-order valence-corrected chi connectivity index (χ4v) is 5.40. The number of nitrogens with one attached hydrogen (secondary N) is 1. The number of fused-ring (bicyclic) bond motifs is 1. The van der Waals surface area contributed by atoms with Crippen LogP contribution in [0.5, 0.6) is 0 Å². The van der Waals surface area contributed by atoms with Gasteiger partial charge in [0.15, 0.2) is 0 Å². The van der Waals surface area contributed by atoms with E-state index in [4.69, 9.17) is 34.8 Å². The average Bonchev–Trinajstić information content (AvgIpc) is 2.72. The Labute approximate surface area is 198 Å². The maximum atomic E-state index is 12.8. The van der Waals surface area contributed by atoms with Crippen molar-refractivity contribution in [3.05, 3.63) is 62.1 Å². The lowest BCUT2D eigenvalue weighted by Crippen LogP contribution is -2.41. The average molecular weight is 504 g/mol. The van der Waals surface area contributed by atoms with Crippen molar-refractivity contribution >= 4 is 56.4 Å². The second kappa shape index (κ2) is 9.99. The third-order valence-corrected chi connectivity index (χ3v) is 7.62. The number of aryl methyl sites for hydroxylation is 2. The number of carbonyl (C=O) groups excluding carboxylic acids is 1. The van der Waals surface area contributed by atoms with Crippen LogP contribution in [0.4, 0.5) is 5.69 Å². The number of amides is 1. The number of anilines is 1. The summed E-state index contributed by atoms with van der Waals surface area (Å²) in [6.07, 6.45) is 6.21. The quantitative estimate of drug-likeness (QED) is 0.503. The fraction of sp³-hybridized carbons (Fsp3) is 0.409. The van der Waals surface area contributed by atoms with E-state index < -0.39 is 22.5 Å². The van der Waals surface area contributed by atoms with Crippen molar-refractivity contribution < 1.29 is 13.2 Å². The molecule has 0 saturated carbocycles. The number of carbonyl (C=O) groups is 1. The molecule has 3 rings (SSSR count). The summed E-state index contributed by atoms with van der Waals surface area (Å²) in [4.78, 5) is 12.8. The van der Waals surface area contributed by atoms with Crippen LogP contribution in [-0.2, 0) is 27.7 Å². The summed E-state index contributed by atoms with van der Waals surface area (Å²) < 4.78 is 25.8. The van der Waals surface area contributed by atoms with Gasteiger partial charge < -0.3 is 5.32 Å². The molecule has 2 aromatic carbocycles. The SMILES string of the molecule is CCC(NC(=O)CN(c1cc(Cl)c(Cl)cc1Cl)S(C)(=O)=O)c1ccc2c(c1)CCCC2. The molecule has 0 aromatic heterocycles. The van der Waals surface area contributed by atoms with E-state index in [9.17, 15) is 13.2 Å². The van der Waals surface area contributed by atoms with Gasteiger partial charge in [0.2, 0.25) is 15.9 Å². The third-order valence-electron chi connectivity index (χ3n) is 5.46. The van der Waals surface area contributed by atoms with Crippen molar-refractivity contribution in [1.82, 2.24) is 5.32 Å². The van der Waals surface area contributed by atoms with E-state index in [1.54, 1.807) is 0 Å². The van der Waals surface area contributed by atoms with Gasteiger partial charge in [-0.1, -0.05) is 59.9 Å². The summed E-state index contributed by atoms with van der Waals surface area (Å²) in [5.41, 5.74) is 3.83. The lowest BCUT2D eigenvalue weighted by atomic mass is 9.89. The van der Waals surface area contributed by atoms with Gasteiger partial charge in [-0.05, 0) is 60.9 Å². The number of benzene rings is 2. The summed E-state index contributed by atoms with van der Waals surface area (Å²) in [5.74, 6) is -0.433. The van der Waals surface area contributed by atoms with Gasteiger partial charge in [-0.15, -0.1) is 0 Å². The van der Waals surface area contributed by atoms with Crippen molar-refractivity contribution in [1.29, 1.82) is 0 Å². The number of rotatable bonds is 7. The van der Waals surface area contributed by atoms with E-state index in [1.807, 2.05) is 13.0 Å². The Morgan fingerprint density at radius 2 is 1.68 bits per heavy atom. The molecule has 1 N–H and O–H groups in total. The van der Waals surface area contributed by atoms with Crippen LogP contribution in [0.15, 0.2) is 30.3 Å². The Balaban J connectivity index is 1.81. The van der Waals surface area contributed by atoms with Crippen LogP contribution in [0.3, 0.4) is 0 Å². The van der Waals surface area contributed by atoms with Crippen molar-refractivity contribution in [2.75, 3.05) is 17.1 Å². The van der Waals surface area contributed by atoms with Gasteiger partial charge in [-0.25, -0.2) is 8.42 Å². The standard InChI is InChI=1S/C22H25Cl3N2O3S/c1-3-20(16-9-8-14-6-4-5-7-15(14)10-16)26-22(28)13-27(31(2,29)30)21-12-18(24)17(23)11-19(21)25/h8-12,20H,3-7,13H2,1-2H3,(H,26,28). The molecule has 0 bridgehead atoms. The first-order valence-corrected chi connectivity index (χ1v) is 13.1. The van der Waals surface area contributed by atoms with Crippen molar-refractivity contribution in [3.63, 3.8) is 0 Å². The molecular weight excluding hydrogens is 479 g/mol. The van der Waals surface area contributed by atoms with E-state index in [0.717, 1.165) is 29.0 Å². The number of sulfonamides is 1. The molecule has 168 valence electrons. The van der Waals surface area contributed by atoms with Gasteiger partial charge in [-0.2, -0.15) is 0 Å². The Hall–Kier alpha value is -1.47. The number of nitrogens with zero attached hydrogens (tertiary/aromatic N) is 1. The van der Waals surface area contributed by atoms with Crippen molar-refractivity contribution in [3.8, 4) is 0 Å². The molecule has 0 radical (unpaired) electrons. The lowest BCUT2D eigenvalue weighted by Gasteiger charge is -2.26. The van der Waals surface area contributed by atoms with E-state index in [1.165, 1.54) is 36.1 Å². The van der Waals surface area contributed by atoms with Crippen molar-refractivity contribution in [2.24, 2.45) is 0 Å². The highest BCUT2D eigenvalue weighted by molar-refractivity contribution is 7.92.